The number of benzene rings is 1. The fraction of sp³-hybridized carbons (Fsp3) is 0. The summed E-state index contributed by atoms with van der Waals surface area (Å²) in [5, 5.41) is 10.4. The second-order valence-electron chi connectivity index (χ2n) is 4.28. The predicted molar refractivity (Wildman–Crippen MR) is 80.7 cm³/mol. The first-order valence-electron chi connectivity index (χ1n) is 6.52. The number of nitrogens with zero attached hydrogens (tertiary/aromatic N) is 1. The van der Waals surface area contributed by atoms with Crippen LogP contribution in [0.1, 0.15) is 0 Å². The van der Waals surface area contributed by atoms with E-state index in [1.165, 1.54) is 24.3 Å². The molecule has 1 aromatic carbocycles. The molecule has 0 unspecified atom stereocenters. The first-order valence-corrected chi connectivity index (χ1v) is 6.52. The number of hydrogen-bond donors (Lipinski definition) is 0. The minimum atomic E-state index is -0.511. The van der Waals surface area contributed by atoms with Gasteiger partial charge in [0.25, 0.3) is 5.69 Å². The third-order valence-electron chi connectivity index (χ3n) is 2.71. The molecule has 10 radical (unpaired) electrons. The van der Waals surface area contributed by atoms with Crippen molar-refractivity contribution in [2.24, 2.45) is 0 Å². The Morgan fingerprint density at radius 3 is 1.78 bits per heavy atom. The summed E-state index contributed by atoms with van der Waals surface area (Å²) in [5.41, 5.74) is -0.0434. The van der Waals surface area contributed by atoms with Gasteiger partial charge in [0, 0.05) is 12.1 Å². The number of carbonyl (C=O) groups excluding carboxylic acids is 1. The van der Waals surface area contributed by atoms with Crippen LogP contribution in [0.5, 0.6) is 5.75 Å². The van der Waals surface area contributed by atoms with Gasteiger partial charge in [-0.05, 0) is 69.9 Å². The Labute approximate surface area is 147 Å². The van der Waals surface area contributed by atoms with Crippen molar-refractivity contribution in [1.29, 1.82) is 0 Å². The number of nitro groups is 1. The smallest absolute Gasteiger partial charge is 0.426 e. The van der Waals surface area contributed by atoms with Crippen molar-refractivity contribution >= 4 is 11.7 Å². The first-order chi connectivity index (χ1) is 10.7. The van der Waals surface area contributed by atoms with Crippen LogP contribution in [0.2, 0.25) is 0 Å². The van der Waals surface area contributed by atoms with E-state index in [0.717, 1.165) is 0 Å². The number of hydrogen-bond acceptors (Lipinski definition) is 4. The van der Waals surface area contributed by atoms with Crippen LogP contribution in [0.3, 0.4) is 0 Å². The van der Waals surface area contributed by atoms with E-state index < -0.39 is 10.9 Å². The molecule has 0 atom stereocenters. The molecule has 3 rings (SSSR count). The summed E-state index contributed by atoms with van der Waals surface area (Å²) in [6.07, 6.45) is 16.7. The van der Waals surface area contributed by atoms with Crippen molar-refractivity contribution in [2.45, 2.75) is 0 Å². The van der Waals surface area contributed by atoms with Crippen LogP contribution in [0.4, 0.5) is 5.69 Å². The summed E-state index contributed by atoms with van der Waals surface area (Å²) in [4.78, 5) is 21.4. The average Bonchev–Trinajstić information content (AvgIpc) is 3.24. The van der Waals surface area contributed by atoms with Gasteiger partial charge in [-0.15, -0.1) is 0 Å². The fourth-order valence-electron chi connectivity index (χ4n) is 1.63. The summed E-state index contributed by atoms with van der Waals surface area (Å²) in [6.45, 7) is 0. The van der Waals surface area contributed by atoms with Crippen LogP contribution in [-0.4, -0.2) is 10.9 Å². The molecule has 116 valence electrons. The molecule has 0 aliphatic heterocycles. The summed E-state index contributed by atoms with van der Waals surface area (Å²) in [7, 11) is 0. The van der Waals surface area contributed by atoms with Crippen molar-refractivity contribution in [3.05, 3.63) is 98.1 Å². The topological polar surface area (TPSA) is 69.4 Å². The van der Waals surface area contributed by atoms with Gasteiger partial charge in [0.05, 0.1) is 10.8 Å². The van der Waals surface area contributed by atoms with Gasteiger partial charge < -0.3 is 4.74 Å². The maximum atomic E-state index is 11.5. The van der Waals surface area contributed by atoms with E-state index in [9.17, 15) is 14.9 Å². The van der Waals surface area contributed by atoms with Crippen LogP contribution in [0.25, 0.3) is 0 Å². The molecule has 0 heterocycles. The third kappa shape index (κ3) is 6.71. The SMILES string of the molecule is O=C(Oc1ccc([N+](=O)[O-])cc1)[C]1[CH][CH][CH][CH]1.[CH]1[CH][CH][CH][CH]1.[Fe+2]. The summed E-state index contributed by atoms with van der Waals surface area (Å²) in [5.74, 6) is 0.244. The normalized spacial score (nSPS) is 16.9. The Morgan fingerprint density at radius 1 is 0.870 bits per heavy atom. The molecule has 0 saturated heterocycles. The average molecular weight is 351 g/mol. The van der Waals surface area contributed by atoms with E-state index >= 15 is 0 Å². The maximum absolute atomic E-state index is 11.5. The number of carbonyl (C=O) groups is 1. The van der Waals surface area contributed by atoms with E-state index in [1.54, 1.807) is 25.7 Å². The van der Waals surface area contributed by atoms with E-state index in [4.69, 9.17) is 4.74 Å². The van der Waals surface area contributed by atoms with Crippen molar-refractivity contribution in [3.63, 3.8) is 0 Å². The predicted octanol–water partition coefficient (Wildman–Crippen LogP) is 2.92. The van der Waals surface area contributed by atoms with Crippen molar-refractivity contribution < 1.29 is 31.5 Å². The fourth-order valence-corrected chi connectivity index (χ4v) is 1.63. The Bertz CT molecular complexity index is 486. The number of non-ortho nitro benzene ring substituents is 1. The monoisotopic (exact) mass is 351 g/mol. The number of nitro benzene ring substituents is 1. The molecule has 0 aromatic heterocycles. The summed E-state index contributed by atoms with van der Waals surface area (Å²) < 4.78 is 5.03. The number of ether oxygens (including phenoxy) is 1. The Kier molecular flexibility index (Phi) is 8.88. The van der Waals surface area contributed by atoms with Crippen LogP contribution in [0.15, 0.2) is 24.3 Å². The summed E-state index contributed by atoms with van der Waals surface area (Å²) in [6, 6.07) is 5.35. The molecule has 23 heavy (non-hydrogen) atoms. The second kappa shape index (κ2) is 10.4. The van der Waals surface area contributed by atoms with Gasteiger partial charge in [0.1, 0.15) is 5.75 Å². The zero-order chi connectivity index (χ0) is 15.8. The van der Waals surface area contributed by atoms with Gasteiger partial charge in [0.15, 0.2) is 0 Å². The third-order valence-corrected chi connectivity index (χ3v) is 2.71. The van der Waals surface area contributed by atoms with Crippen molar-refractivity contribution in [2.75, 3.05) is 0 Å². The molecular weight excluding hydrogens is 338 g/mol. The Morgan fingerprint density at radius 2 is 1.35 bits per heavy atom. The second-order valence-corrected chi connectivity index (χ2v) is 4.28. The molecule has 1 aromatic rings. The molecule has 0 spiro atoms. The molecule has 2 fully saturated rings. The molecule has 0 amide bonds. The zero-order valence-electron chi connectivity index (χ0n) is 11.9. The molecule has 0 N–H and O–H groups in total. The van der Waals surface area contributed by atoms with Gasteiger partial charge in [-0.25, -0.2) is 0 Å². The van der Waals surface area contributed by atoms with Gasteiger partial charge in [-0.3, -0.25) is 14.9 Å². The van der Waals surface area contributed by atoms with Crippen LogP contribution >= 0.6 is 0 Å². The molecule has 2 saturated carbocycles. The first kappa shape index (κ1) is 19.7. The molecule has 2 aliphatic carbocycles. The molecule has 6 heteroatoms. The van der Waals surface area contributed by atoms with Crippen molar-refractivity contribution in [3.8, 4) is 5.75 Å². The van der Waals surface area contributed by atoms with E-state index in [-0.39, 0.29) is 28.5 Å². The van der Waals surface area contributed by atoms with Gasteiger partial charge >= 0.3 is 23.0 Å². The quantitative estimate of drug-likeness (QED) is 0.276. The van der Waals surface area contributed by atoms with Gasteiger partial charge in [-0.2, -0.15) is 0 Å². The number of rotatable bonds is 3. The zero-order valence-corrected chi connectivity index (χ0v) is 13.0. The molecule has 2 aliphatic rings. The molecular formula is C17H13FeNO4+2. The number of esters is 1. The van der Waals surface area contributed by atoms with Crippen LogP contribution < -0.4 is 4.74 Å². The van der Waals surface area contributed by atoms with Crippen molar-refractivity contribution in [1.82, 2.24) is 0 Å². The van der Waals surface area contributed by atoms with Gasteiger partial charge in [-0.1, -0.05) is 0 Å². The van der Waals surface area contributed by atoms with E-state index in [2.05, 4.69) is 0 Å². The summed E-state index contributed by atoms with van der Waals surface area (Å²) >= 11 is 0. The largest absolute Gasteiger partial charge is 2.00 e. The standard InChI is InChI=1S/C12H8NO4.C5H5.Fe/c14-12(9-3-1-2-4-9)17-11-7-5-10(6-8-11)13(15)16;1-2-4-5-3-1;/h1-8H;1-5H;/q;;+2. The molecule has 0 bridgehead atoms. The van der Waals surface area contributed by atoms with Gasteiger partial charge in [0.2, 0.25) is 0 Å². The Balaban J connectivity index is 0.000000377. The van der Waals surface area contributed by atoms with E-state index in [0.29, 0.717) is 5.92 Å². The van der Waals surface area contributed by atoms with Crippen LogP contribution in [0, 0.1) is 73.8 Å². The van der Waals surface area contributed by atoms with Crippen LogP contribution in [-0.2, 0) is 21.9 Å². The minimum Gasteiger partial charge on any atom is -0.426 e. The maximum Gasteiger partial charge on any atom is 2.00 e. The minimum absolute atomic E-state index is 0. The molecule has 5 nitrogen and oxygen atoms in total. The Hall–Kier alpha value is -1.39. The van der Waals surface area contributed by atoms with E-state index in [1.807, 2.05) is 32.1 Å².